The number of carbonyl (C=O) groups is 1. The highest BCUT2D eigenvalue weighted by molar-refractivity contribution is 7.99. The smallest absolute Gasteiger partial charge is 0.236 e. The van der Waals surface area contributed by atoms with Crippen molar-refractivity contribution in [3.8, 4) is 0 Å². The third-order valence-electron chi connectivity index (χ3n) is 2.28. The number of nitrogens with zero attached hydrogens (tertiary/aromatic N) is 1. The normalized spacial score (nSPS) is 15.4. The van der Waals surface area contributed by atoms with Crippen molar-refractivity contribution in [2.24, 2.45) is 0 Å². The number of aliphatic hydroxyl groups is 1. The van der Waals surface area contributed by atoms with Crippen molar-refractivity contribution >= 4 is 17.7 Å². The summed E-state index contributed by atoms with van der Waals surface area (Å²) in [6, 6.07) is 0. The van der Waals surface area contributed by atoms with E-state index in [0.29, 0.717) is 11.5 Å². The van der Waals surface area contributed by atoms with E-state index in [1.807, 2.05) is 7.05 Å². The summed E-state index contributed by atoms with van der Waals surface area (Å²) in [6.45, 7) is 0.143. The monoisotopic (exact) mass is 215 g/mol. The lowest BCUT2D eigenvalue weighted by molar-refractivity contribution is -0.125. The molecule has 4 heteroatoms. The Morgan fingerprint density at radius 3 is 3.07 bits per heavy atom. The van der Waals surface area contributed by atoms with E-state index in [4.69, 9.17) is 5.11 Å². The molecular weight excluding hydrogens is 198 g/mol. The number of hydrogen-bond acceptors (Lipinski definition) is 3. The number of allylic oxidation sites excluding steroid dienone is 2. The molecule has 0 saturated carbocycles. The van der Waals surface area contributed by atoms with Crippen LogP contribution in [0.2, 0.25) is 0 Å². The average Bonchev–Trinajstić information content (AvgIpc) is 2.69. The van der Waals surface area contributed by atoms with Gasteiger partial charge >= 0.3 is 0 Å². The van der Waals surface area contributed by atoms with Crippen LogP contribution in [0.25, 0.3) is 0 Å². The third kappa shape index (κ3) is 3.35. The molecule has 0 fully saturated rings. The molecule has 14 heavy (non-hydrogen) atoms. The van der Waals surface area contributed by atoms with Gasteiger partial charge in [-0.25, -0.2) is 0 Å². The van der Waals surface area contributed by atoms with Crippen LogP contribution in [-0.4, -0.2) is 41.1 Å². The molecule has 0 aromatic carbocycles. The van der Waals surface area contributed by atoms with Crippen molar-refractivity contribution in [2.75, 3.05) is 25.2 Å². The first-order valence-electron chi connectivity index (χ1n) is 4.90. The van der Waals surface area contributed by atoms with Gasteiger partial charge in [0.15, 0.2) is 0 Å². The molecular formula is C10H17NO2S. The van der Waals surface area contributed by atoms with Gasteiger partial charge in [-0.3, -0.25) is 4.79 Å². The summed E-state index contributed by atoms with van der Waals surface area (Å²) >= 11 is 1.48. The summed E-state index contributed by atoms with van der Waals surface area (Å²) in [7, 11) is 1.83. The van der Waals surface area contributed by atoms with Gasteiger partial charge in [-0.1, -0.05) is 6.08 Å². The van der Waals surface area contributed by atoms with E-state index < -0.39 is 0 Å². The molecule has 0 heterocycles. The van der Waals surface area contributed by atoms with Crippen molar-refractivity contribution in [3.05, 3.63) is 11.8 Å². The Balaban J connectivity index is 2.28. The van der Waals surface area contributed by atoms with E-state index in [1.54, 1.807) is 4.90 Å². The zero-order valence-electron chi connectivity index (χ0n) is 8.53. The fraction of sp³-hybridized carbons (Fsp3) is 0.700. The van der Waals surface area contributed by atoms with Gasteiger partial charge in [0.2, 0.25) is 5.91 Å². The average molecular weight is 215 g/mol. The highest BCUT2D eigenvalue weighted by Crippen LogP contribution is 2.20. The lowest BCUT2D eigenvalue weighted by Crippen LogP contribution is -2.27. The minimum absolute atomic E-state index is 0.136. The second kappa shape index (κ2) is 6.09. The molecule has 80 valence electrons. The summed E-state index contributed by atoms with van der Waals surface area (Å²) in [5.41, 5.74) is 1.15. The first-order valence-corrected chi connectivity index (χ1v) is 6.05. The van der Waals surface area contributed by atoms with Crippen LogP contribution < -0.4 is 0 Å². The number of rotatable bonds is 5. The highest BCUT2D eigenvalue weighted by atomic mass is 32.2. The predicted octanol–water partition coefficient (Wildman–Crippen LogP) is 1.24. The van der Waals surface area contributed by atoms with Crippen LogP contribution in [-0.2, 0) is 4.79 Å². The maximum absolute atomic E-state index is 11.6. The number of carbonyl (C=O) groups excluding carboxylic acids is 1. The zero-order chi connectivity index (χ0) is 10.4. The van der Waals surface area contributed by atoms with E-state index in [1.165, 1.54) is 11.8 Å². The van der Waals surface area contributed by atoms with Gasteiger partial charge in [-0.2, -0.15) is 0 Å². The lowest BCUT2D eigenvalue weighted by Gasteiger charge is -2.18. The van der Waals surface area contributed by atoms with Crippen LogP contribution in [0.4, 0.5) is 0 Å². The van der Waals surface area contributed by atoms with Crippen LogP contribution in [0.15, 0.2) is 11.8 Å². The molecule has 0 radical (unpaired) electrons. The third-order valence-corrected chi connectivity index (χ3v) is 3.21. The molecule has 3 nitrogen and oxygen atoms in total. The Bertz CT molecular complexity index is 228. The first-order chi connectivity index (χ1) is 6.75. The van der Waals surface area contributed by atoms with Gasteiger partial charge < -0.3 is 10.0 Å². The van der Waals surface area contributed by atoms with Gasteiger partial charge in [-0.15, -0.1) is 11.8 Å². The van der Waals surface area contributed by atoms with Crippen molar-refractivity contribution < 1.29 is 9.90 Å². The molecule has 0 spiro atoms. The number of thioether (sulfide) groups is 1. The van der Waals surface area contributed by atoms with Gasteiger partial charge in [-0.05, 0) is 19.3 Å². The van der Waals surface area contributed by atoms with Gasteiger partial charge in [0.1, 0.15) is 0 Å². The summed E-state index contributed by atoms with van der Waals surface area (Å²) in [6.07, 6.45) is 5.41. The van der Waals surface area contributed by atoms with E-state index >= 15 is 0 Å². The minimum atomic E-state index is 0.136. The molecule has 0 aromatic rings. The summed E-state index contributed by atoms with van der Waals surface area (Å²) in [5, 5.41) is 8.57. The van der Waals surface area contributed by atoms with E-state index in [-0.39, 0.29) is 12.5 Å². The summed E-state index contributed by atoms with van der Waals surface area (Å²) in [4.78, 5) is 13.3. The molecule has 1 amide bonds. The maximum Gasteiger partial charge on any atom is 0.236 e. The Morgan fingerprint density at radius 2 is 2.50 bits per heavy atom. The van der Waals surface area contributed by atoms with Crippen molar-refractivity contribution in [1.29, 1.82) is 0 Å². The van der Waals surface area contributed by atoms with Crippen molar-refractivity contribution in [1.82, 2.24) is 4.90 Å². The van der Waals surface area contributed by atoms with Crippen LogP contribution >= 0.6 is 11.8 Å². The quantitative estimate of drug-likeness (QED) is 0.701. The molecule has 1 aliphatic rings. The maximum atomic E-state index is 11.6. The molecule has 0 bridgehead atoms. The number of amides is 1. The SMILES string of the molecule is CN(C(=O)CSCCO)C1=CCCC1. The molecule has 1 rings (SSSR count). The molecule has 0 atom stereocenters. The fourth-order valence-corrected chi connectivity index (χ4v) is 2.08. The Labute approximate surface area is 89.2 Å². The van der Waals surface area contributed by atoms with Gasteiger partial charge in [0.05, 0.1) is 12.4 Å². The van der Waals surface area contributed by atoms with Crippen LogP contribution in [0.5, 0.6) is 0 Å². The Hall–Kier alpha value is -0.480. The second-order valence-corrected chi connectivity index (χ2v) is 4.42. The second-order valence-electron chi connectivity index (χ2n) is 3.32. The van der Waals surface area contributed by atoms with Crippen LogP contribution in [0.1, 0.15) is 19.3 Å². The standard InChI is InChI=1S/C10H17NO2S/c1-11(9-4-2-3-5-9)10(13)8-14-7-6-12/h4,12H,2-3,5-8H2,1H3. The minimum Gasteiger partial charge on any atom is -0.396 e. The molecule has 0 unspecified atom stereocenters. The topological polar surface area (TPSA) is 40.5 Å². The van der Waals surface area contributed by atoms with Gasteiger partial charge in [0, 0.05) is 18.5 Å². The molecule has 0 saturated heterocycles. The van der Waals surface area contributed by atoms with E-state index in [0.717, 1.165) is 25.0 Å². The highest BCUT2D eigenvalue weighted by Gasteiger charge is 2.15. The van der Waals surface area contributed by atoms with E-state index in [9.17, 15) is 4.79 Å². The fourth-order valence-electron chi connectivity index (χ4n) is 1.44. The lowest BCUT2D eigenvalue weighted by atomic mass is 10.3. The largest absolute Gasteiger partial charge is 0.396 e. The van der Waals surface area contributed by atoms with Crippen LogP contribution in [0.3, 0.4) is 0 Å². The Morgan fingerprint density at radius 1 is 1.71 bits per heavy atom. The van der Waals surface area contributed by atoms with Crippen LogP contribution in [0, 0.1) is 0 Å². The zero-order valence-corrected chi connectivity index (χ0v) is 9.35. The van der Waals surface area contributed by atoms with Crippen molar-refractivity contribution in [3.63, 3.8) is 0 Å². The number of aliphatic hydroxyl groups excluding tert-OH is 1. The van der Waals surface area contributed by atoms with Crippen molar-refractivity contribution in [2.45, 2.75) is 19.3 Å². The first kappa shape index (κ1) is 11.6. The summed E-state index contributed by atoms with van der Waals surface area (Å²) in [5.74, 6) is 1.24. The predicted molar refractivity (Wildman–Crippen MR) is 59.1 cm³/mol. The molecule has 1 aliphatic carbocycles. The van der Waals surface area contributed by atoms with Gasteiger partial charge in [0.25, 0.3) is 0 Å². The molecule has 0 aliphatic heterocycles. The molecule has 1 N–H and O–H groups in total. The van der Waals surface area contributed by atoms with E-state index in [2.05, 4.69) is 6.08 Å². The number of hydrogen-bond donors (Lipinski definition) is 1. The summed E-state index contributed by atoms with van der Waals surface area (Å²) < 4.78 is 0. The molecule has 0 aromatic heterocycles. The Kier molecular flexibility index (Phi) is 5.04.